The number of hydrogen-bond acceptors (Lipinski definition) is 5. The summed E-state index contributed by atoms with van der Waals surface area (Å²) < 4.78 is 12.6. The Morgan fingerprint density at radius 1 is 0.292 bits per heavy atom. The van der Waals surface area contributed by atoms with Gasteiger partial charge in [0.25, 0.3) is 0 Å². The molecule has 0 amide bonds. The van der Waals surface area contributed by atoms with Gasteiger partial charge < -0.3 is 8.83 Å². The molecular formula is C43H25N3O2. The van der Waals surface area contributed by atoms with Crippen molar-refractivity contribution >= 4 is 54.6 Å². The van der Waals surface area contributed by atoms with Gasteiger partial charge in [0.1, 0.15) is 22.3 Å². The van der Waals surface area contributed by atoms with Crippen LogP contribution in [0.1, 0.15) is 0 Å². The molecule has 0 saturated heterocycles. The zero-order chi connectivity index (χ0) is 31.6. The molecule has 5 nitrogen and oxygen atoms in total. The first-order valence-electron chi connectivity index (χ1n) is 15.9. The average Bonchev–Trinajstić information content (AvgIpc) is 3.72. The fourth-order valence-corrected chi connectivity index (χ4v) is 6.68. The zero-order valence-corrected chi connectivity index (χ0v) is 25.6. The van der Waals surface area contributed by atoms with E-state index < -0.39 is 0 Å². The Hall–Kier alpha value is -6.59. The second kappa shape index (κ2) is 10.5. The molecule has 10 rings (SSSR count). The van der Waals surface area contributed by atoms with Crippen molar-refractivity contribution in [2.24, 2.45) is 0 Å². The smallest absolute Gasteiger partial charge is 0.164 e. The van der Waals surface area contributed by atoms with Gasteiger partial charge in [-0.25, -0.2) is 15.0 Å². The minimum absolute atomic E-state index is 0.579. The van der Waals surface area contributed by atoms with Crippen molar-refractivity contribution in [2.75, 3.05) is 0 Å². The van der Waals surface area contributed by atoms with Crippen LogP contribution in [0.15, 0.2) is 160 Å². The van der Waals surface area contributed by atoms with Gasteiger partial charge >= 0.3 is 0 Å². The van der Waals surface area contributed by atoms with Gasteiger partial charge in [-0.1, -0.05) is 97.1 Å². The van der Waals surface area contributed by atoms with Gasteiger partial charge in [-0.05, 0) is 76.5 Å². The molecule has 3 heterocycles. The summed E-state index contributed by atoms with van der Waals surface area (Å²) in [4.78, 5) is 14.9. The number of nitrogens with zero attached hydrogens (tertiary/aromatic N) is 3. The van der Waals surface area contributed by atoms with Crippen LogP contribution >= 0.6 is 0 Å². The Morgan fingerprint density at radius 3 is 1.62 bits per heavy atom. The molecule has 0 saturated carbocycles. The Morgan fingerprint density at radius 2 is 0.812 bits per heavy atom. The normalized spacial score (nSPS) is 11.8. The van der Waals surface area contributed by atoms with Crippen molar-refractivity contribution in [3.63, 3.8) is 0 Å². The highest BCUT2D eigenvalue weighted by Gasteiger charge is 2.16. The third-order valence-electron chi connectivity index (χ3n) is 9.12. The average molecular weight is 616 g/mol. The van der Waals surface area contributed by atoms with Crippen molar-refractivity contribution < 1.29 is 8.83 Å². The highest BCUT2D eigenvalue weighted by molar-refractivity contribution is 6.07. The second-order valence-electron chi connectivity index (χ2n) is 12.1. The Balaban J connectivity index is 1.10. The van der Waals surface area contributed by atoms with Crippen LogP contribution in [0.5, 0.6) is 0 Å². The lowest BCUT2D eigenvalue weighted by Gasteiger charge is -2.08. The predicted molar refractivity (Wildman–Crippen MR) is 194 cm³/mol. The molecule has 0 aliphatic heterocycles. The van der Waals surface area contributed by atoms with Gasteiger partial charge in [-0.2, -0.15) is 0 Å². The van der Waals surface area contributed by atoms with Crippen LogP contribution in [0, 0.1) is 0 Å². The maximum Gasteiger partial charge on any atom is 0.164 e. The Kier molecular flexibility index (Phi) is 5.81. The van der Waals surface area contributed by atoms with Crippen LogP contribution in [0.2, 0.25) is 0 Å². The summed E-state index contributed by atoms with van der Waals surface area (Å²) in [5.74, 6) is 1.78. The van der Waals surface area contributed by atoms with E-state index in [1.807, 2.05) is 66.7 Å². The number of hydrogen-bond donors (Lipinski definition) is 0. The maximum absolute atomic E-state index is 6.49. The van der Waals surface area contributed by atoms with Crippen LogP contribution < -0.4 is 0 Å². The van der Waals surface area contributed by atoms with Crippen LogP contribution in [0.25, 0.3) is 99.9 Å². The minimum Gasteiger partial charge on any atom is -0.456 e. The number of fused-ring (bicyclic) bond motifs is 7. The first-order chi connectivity index (χ1) is 23.7. The highest BCUT2D eigenvalue weighted by Crippen LogP contribution is 2.36. The van der Waals surface area contributed by atoms with E-state index in [1.54, 1.807) is 0 Å². The fourth-order valence-electron chi connectivity index (χ4n) is 6.68. The van der Waals surface area contributed by atoms with Crippen molar-refractivity contribution in [2.45, 2.75) is 0 Å². The fraction of sp³-hybridized carbons (Fsp3) is 0. The molecule has 0 bridgehead atoms. The zero-order valence-electron chi connectivity index (χ0n) is 25.6. The Bertz CT molecular complexity index is 2850. The third-order valence-corrected chi connectivity index (χ3v) is 9.12. The lowest BCUT2D eigenvalue weighted by molar-refractivity contribution is 0.668. The topological polar surface area (TPSA) is 65.0 Å². The summed E-state index contributed by atoms with van der Waals surface area (Å²) in [6.07, 6.45) is 0. The quantitative estimate of drug-likeness (QED) is 0.197. The number of rotatable bonds is 4. The monoisotopic (exact) mass is 615 g/mol. The molecule has 0 fully saturated rings. The molecule has 0 unspecified atom stereocenters. The molecule has 7 aromatic carbocycles. The van der Waals surface area contributed by atoms with Crippen LogP contribution in [-0.2, 0) is 0 Å². The van der Waals surface area contributed by atoms with Crippen LogP contribution in [0.3, 0.4) is 0 Å². The maximum atomic E-state index is 6.49. The van der Waals surface area contributed by atoms with Crippen molar-refractivity contribution in [1.82, 2.24) is 15.0 Å². The molecule has 0 spiro atoms. The molecule has 3 aromatic heterocycles. The third kappa shape index (κ3) is 4.37. The van der Waals surface area contributed by atoms with Crippen LogP contribution in [0.4, 0.5) is 0 Å². The summed E-state index contributed by atoms with van der Waals surface area (Å²) in [7, 11) is 0. The summed E-state index contributed by atoms with van der Waals surface area (Å²) in [6.45, 7) is 0. The van der Waals surface area contributed by atoms with Gasteiger partial charge in [0.05, 0.1) is 0 Å². The number of benzene rings is 7. The number of aromatic nitrogens is 3. The first kappa shape index (κ1) is 26.6. The molecule has 10 aromatic rings. The molecule has 0 aliphatic carbocycles. The van der Waals surface area contributed by atoms with Crippen molar-refractivity contribution in [3.05, 3.63) is 152 Å². The highest BCUT2D eigenvalue weighted by atomic mass is 16.3. The molecular weight excluding hydrogens is 590 g/mol. The van der Waals surface area contributed by atoms with Crippen molar-refractivity contribution in [3.8, 4) is 45.3 Å². The van der Waals surface area contributed by atoms with E-state index >= 15 is 0 Å². The summed E-state index contributed by atoms with van der Waals surface area (Å²) in [6, 6.07) is 51.8. The second-order valence-corrected chi connectivity index (χ2v) is 12.1. The molecule has 0 radical (unpaired) electrons. The van der Waals surface area contributed by atoms with Gasteiger partial charge in [0.15, 0.2) is 17.5 Å². The largest absolute Gasteiger partial charge is 0.456 e. The molecule has 48 heavy (non-hydrogen) atoms. The van der Waals surface area contributed by atoms with Gasteiger partial charge in [0, 0.05) is 38.2 Å². The molecule has 224 valence electrons. The first-order valence-corrected chi connectivity index (χ1v) is 15.9. The van der Waals surface area contributed by atoms with Gasteiger partial charge in [-0.3, -0.25) is 0 Å². The molecule has 0 aliphatic rings. The van der Waals surface area contributed by atoms with Gasteiger partial charge in [0.2, 0.25) is 0 Å². The van der Waals surface area contributed by atoms with E-state index in [2.05, 4.69) is 84.9 Å². The van der Waals surface area contributed by atoms with E-state index in [9.17, 15) is 0 Å². The lowest BCUT2D eigenvalue weighted by atomic mass is 10.00. The predicted octanol–water partition coefficient (Wildman–Crippen LogP) is 11.5. The summed E-state index contributed by atoms with van der Waals surface area (Å²) >= 11 is 0. The standard InChI is InChI=1S/C43H25N3O2/c1-2-9-27(10-3-1)41-44-42(31-18-21-38-36(23-31)33-12-6-7-13-37(33)47-38)46-43(45-41)32-17-20-35-34-19-16-30(24-39(34)48-40(35)25-32)29-15-14-26-8-4-5-11-28(26)22-29/h1-25H. The van der Waals surface area contributed by atoms with E-state index in [-0.39, 0.29) is 0 Å². The van der Waals surface area contributed by atoms with E-state index in [1.165, 1.54) is 10.8 Å². The minimum atomic E-state index is 0.579. The van der Waals surface area contributed by atoms with Crippen LogP contribution in [-0.4, -0.2) is 15.0 Å². The van der Waals surface area contributed by atoms with E-state index in [0.29, 0.717) is 17.5 Å². The van der Waals surface area contributed by atoms with E-state index in [4.69, 9.17) is 23.8 Å². The number of furan rings is 2. The Labute approximate surface area is 274 Å². The number of para-hydroxylation sites is 1. The summed E-state index contributed by atoms with van der Waals surface area (Å²) in [5, 5.41) is 6.65. The molecule has 0 N–H and O–H groups in total. The molecule has 0 atom stereocenters. The lowest BCUT2D eigenvalue weighted by Crippen LogP contribution is -2.00. The van der Waals surface area contributed by atoms with E-state index in [0.717, 1.165) is 71.7 Å². The van der Waals surface area contributed by atoms with Crippen molar-refractivity contribution in [1.29, 1.82) is 0 Å². The molecule has 5 heteroatoms. The SMILES string of the molecule is c1ccc(-c2nc(-c3ccc4c(c3)oc3cc(-c5ccc6ccccc6c5)ccc34)nc(-c3ccc4oc5ccccc5c4c3)n2)cc1. The summed E-state index contributed by atoms with van der Waals surface area (Å²) in [5.41, 5.74) is 8.25. The van der Waals surface area contributed by atoms with Gasteiger partial charge in [-0.15, -0.1) is 0 Å².